The fourth-order valence-electron chi connectivity index (χ4n) is 7.81. The van der Waals surface area contributed by atoms with Crippen molar-refractivity contribution in [1.29, 1.82) is 0 Å². The molecule has 2 aromatic carbocycles. The highest BCUT2D eigenvalue weighted by Crippen LogP contribution is 2.53. The summed E-state index contributed by atoms with van der Waals surface area (Å²) in [6, 6.07) is 7.98. The molecule has 6 atom stereocenters. The van der Waals surface area contributed by atoms with E-state index in [1.807, 2.05) is 18.2 Å². The maximum atomic E-state index is 14.2. The number of ether oxygens (including phenoxy) is 2. The molecule has 12 nitrogen and oxygen atoms in total. The lowest BCUT2D eigenvalue weighted by molar-refractivity contribution is -0.178. The number of nitrogens with one attached hydrogen (secondary N) is 1. The number of likely N-dealkylation sites (N-methyl/N-ethyl adjacent to an activating group) is 1. The third-order valence-electron chi connectivity index (χ3n) is 10.1. The zero-order valence-electron chi connectivity index (χ0n) is 28.0. The van der Waals surface area contributed by atoms with Gasteiger partial charge in [0.15, 0.2) is 17.2 Å². The molecule has 2 aromatic rings. The molecule has 5 rings (SSSR count). The number of aromatic hydroxyl groups is 1. The number of hydrogen-bond donors (Lipinski definition) is 6. The van der Waals surface area contributed by atoms with Crippen molar-refractivity contribution in [2.24, 2.45) is 23.5 Å². The Kier molecular flexibility index (Phi) is 10.6. The molecular formula is C36H47N3O9. The van der Waals surface area contributed by atoms with Crippen LogP contribution in [0.15, 0.2) is 41.7 Å². The van der Waals surface area contributed by atoms with Crippen molar-refractivity contribution in [2.45, 2.75) is 63.3 Å². The van der Waals surface area contributed by atoms with Crippen molar-refractivity contribution in [3.63, 3.8) is 0 Å². The second kappa shape index (κ2) is 14.4. The molecular weight excluding hydrogens is 618 g/mol. The van der Waals surface area contributed by atoms with Crippen LogP contribution in [0, 0.1) is 17.8 Å². The number of aliphatic hydroxyl groups excluding tert-OH is 2. The maximum absolute atomic E-state index is 14.2. The van der Waals surface area contributed by atoms with Gasteiger partial charge < -0.3 is 45.9 Å². The number of Topliss-reactive ketones (excluding diaryl/α,β-unsaturated/α-hetero) is 2. The molecule has 1 saturated carbocycles. The summed E-state index contributed by atoms with van der Waals surface area (Å²) in [5.74, 6) is -7.14. The molecule has 0 heterocycles. The third kappa shape index (κ3) is 6.12. The quantitative estimate of drug-likeness (QED) is 0.136. The molecule has 3 aliphatic rings. The van der Waals surface area contributed by atoms with Gasteiger partial charge in [0.2, 0.25) is 5.91 Å². The average molecular weight is 666 g/mol. The van der Waals surface area contributed by atoms with E-state index >= 15 is 0 Å². The van der Waals surface area contributed by atoms with Gasteiger partial charge >= 0.3 is 0 Å². The number of nitrogens with two attached hydrogens (primary N) is 1. The summed E-state index contributed by atoms with van der Waals surface area (Å²) in [6.07, 6.45) is 1.71. The van der Waals surface area contributed by atoms with Gasteiger partial charge in [0.25, 0.3) is 0 Å². The number of phenols is 1. The Morgan fingerprint density at radius 1 is 1.10 bits per heavy atom. The number of rotatable bonds is 13. The van der Waals surface area contributed by atoms with Crippen LogP contribution in [0.25, 0.3) is 11.1 Å². The molecule has 0 spiro atoms. The zero-order valence-corrected chi connectivity index (χ0v) is 28.0. The maximum Gasteiger partial charge on any atom is 0.230 e. The van der Waals surface area contributed by atoms with E-state index in [2.05, 4.69) is 12.2 Å². The van der Waals surface area contributed by atoms with Crippen LogP contribution in [0.5, 0.6) is 11.5 Å². The van der Waals surface area contributed by atoms with Crippen molar-refractivity contribution in [3.05, 3.63) is 58.4 Å². The molecule has 0 radical (unpaired) electrons. The number of benzene rings is 2. The number of amides is 1. The second-order valence-electron chi connectivity index (χ2n) is 13.3. The van der Waals surface area contributed by atoms with E-state index in [-0.39, 0.29) is 29.7 Å². The van der Waals surface area contributed by atoms with Crippen LogP contribution in [0.4, 0.5) is 0 Å². The molecule has 2 unspecified atom stereocenters. The smallest absolute Gasteiger partial charge is 0.230 e. The minimum Gasteiger partial charge on any atom is -0.508 e. The fourth-order valence-corrected chi connectivity index (χ4v) is 7.81. The number of unbranched alkanes of at least 4 members (excludes halogenated alkanes) is 1. The number of allylic oxidation sites excluding steroid dienone is 1. The van der Waals surface area contributed by atoms with Gasteiger partial charge in [-0.2, -0.15) is 0 Å². The van der Waals surface area contributed by atoms with E-state index in [4.69, 9.17) is 15.2 Å². The number of methoxy groups -OCH3 is 1. The van der Waals surface area contributed by atoms with E-state index in [1.54, 1.807) is 32.2 Å². The first-order valence-electron chi connectivity index (χ1n) is 16.6. The Balaban J connectivity index is 1.51. The summed E-state index contributed by atoms with van der Waals surface area (Å²) < 4.78 is 11.4. The van der Waals surface area contributed by atoms with Gasteiger partial charge in [-0.25, -0.2) is 0 Å². The van der Waals surface area contributed by atoms with Crippen LogP contribution in [-0.4, -0.2) is 102 Å². The summed E-state index contributed by atoms with van der Waals surface area (Å²) in [5.41, 5.74) is 5.51. The Hall–Kier alpha value is -3.81. The number of carbonyl (C=O) groups excluding carboxylic acids is 3. The monoisotopic (exact) mass is 665 g/mol. The summed E-state index contributed by atoms with van der Waals surface area (Å²) in [7, 11) is 4.82. The van der Waals surface area contributed by atoms with Crippen LogP contribution in [0.2, 0.25) is 0 Å². The van der Waals surface area contributed by atoms with E-state index in [0.29, 0.717) is 35.6 Å². The van der Waals surface area contributed by atoms with Gasteiger partial charge in [-0.15, -0.1) is 0 Å². The van der Waals surface area contributed by atoms with Crippen molar-refractivity contribution in [3.8, 4) is 22.6 Å². The average Bonchev–Trinajstić information content (AvgIpc) is 3.03. The van der Waals surface area contributed by atoms with Gasteiger partial charge in [0.1, 0.15) is 23.2 Å². The second-order valence-corrected chi connectivity index (χ2v) is 13.3. The van der Waals surface area contributed by atoms with Crippen LogP contribution < -0.4 is 15.8 Å². The number of nitrogens with zero attached hydrogens (tertiary/aromatic N) is 1. The molecule has 1 amide bonds. The number of primary amides is 1. The van der Waals surface area contributed by atoms with Gasteiger partial charge in [0, 0.05) is 42.9 Å². The van der Waals surface area contributed by atoms with E-state index in [9.17, 15) is 34.8 Å². The number of fused-ring (bicyclic) bond motifs is 3. The minimum atomic E-state index is -2.63. The summed E-state index contributed by atoms with van der Waals surface area (Å²) in [5, 5.41) is 49.1. The van der Waals surface area contributed by atoms with Crippen molar-refractivity contribution in [2.75, 3.05) is 41.0 Å². The van der Waals surface area contributed by atoms with Gasteiger partial charge in [0.05, 0.1) is 18.8 Å². The van der Waals surface area contributed by atoms with Crippen LogP contribution in [0.1, 0.15) is 54.1 Å². The minimum absolute atomic E-state index is 0.0382. The Bertz CT molecular complexity index is 1610. The fraction of sp³-hybridized carbons (Fsp3) is 0.528. The molecule has 0 aliphatic heterocycles. The largest absolute Gasteiger partial charge is 0.508 e. The standard InChI is InChI=1S/C36H47N3O9/c1-5-6-13-48-14-7-12-38-18-19-8-11-26(47-4)22(15-19)21-9-10-25(40)28-23(21)16-20-17-24-30(39(2)3)32(42)29(35(37)45)34(44)36(24,46)33(43)27(20)31(28)41/h8-11,15,20,24,29-30,32,38,40,42-43,46H,5-7,12-14,16-18H2,1-4H3,(H2,37,45)/t20-,24-,29?,30-,32?,36-/m0/s1. The molecule has 12 heteroatoms. The first-order chi connectivity index (χ1) is 22.9. The number of ketones is 2. The lowest BCUT2D eigenvalue weighted by atomic mass is 9.55. The molecule has 260 valence electrons. The molecule has 48 heavy (non-hydrogen) atoms. The zero-order chi connectivity index (χ0) is 34.9. The third-order valence-corrected chi connectivity index (χ3v) is 10.1. The first-order valence-corrected chi connectivity index (χ1v) is 16.6. The highest BCUT2D eigenvalue weighted by atomic mass is 16.5. The molecule has 7 N–H and O–H groups in total. The van der Waals surface area contributed by atoms with Gasteiger partial charge in [-0.3, -0.25) is 14.4 Å². The van der Waals surface area contributed by atoms with Crippen LogP contribution in [-0.2, 0) is 27.3 Å². The predicted octanol–water partition coefficient (Wildman–Crippen LogP) is 2.26. The van der Waals surface area contributed by atoms with Gasteiger partial charge in [-0.05, 0) is 87.1 Å². The lowest BCUT2D eigenvalue weighted by Gasteiger charge is -2.53. The Morgan fingerprint density at radius 2 is 1.83 bits per heavy atom. The summed E-state index contributed by atoms with van der Waals surface area (Å²) >= 11 is 0. The number of phenolic OH excluding ortho intramolecular Hbond substituents is 1. The Morgan fingerprint density at radius 3 is 2.50 bits per heavy atom. The highest BCUT2D eigenvalue weighted by molar-refractivity contribution is 6.16. The van der Waals surface area contributed by atoms with Gasteiger partial charge in [-0.1, -0.05) is 25.5 Å². The van der Waals surface area contributed by atoms with Crippen molar-refractivity contribution in [1.82, 2.24) is 10.2 Å². The molecule has 1 fully saturated rings. The van der Waals surface area contributed by atoms with E-state index in [1.165, 1.54) is 6.07 Å². The van der Waals surface area contributed by atoms with Crippen LogP contribution >= 0.6 is 0 Å². The van der Waals surface area contributed by atoms with E-state index < -0.39 is 58.7 Å². The number of aliphatic hydroxyl groups is 3. The molecule has 3 aliphatic carbocycles. The predicted molar refractivity (Wildman–Crippen MR) is 178 cm³/mol. The van der Waals surface area contributed by atoms with E-state index in [0.717, 1.165) is 38.0 Å². The van der Waals surface area contributed by atoms with Crippen molar-refractivity contribution >= 4 is 17.5 Å². The summed E-state index contributed by atoms with van der Waals surface area (Å²) in [6.45, 7) is 4.94. The summed E-state index contributed by atoms with van der Waals surface area (Å²) in [4.78, 5) is 41.7. The molecule has 0 bridgehead atoms. The number of hydrogen-bond acceptors (Lipinski definition) is 11. The first kappa shape index (κ1) is 35.5. The highest BCUT2D eigenvalue weighted by Gasteiger charge is 2.66. The van der Waals surface area contributed by atoms with Crippen LogP contribution in [0.3, 0.4) is 0 Å². The topological polar surface area (TPSA) is 192 Å². The normalized spacial score (nSPS) is 26.7. The Labute approximate surface area is 280 Å². The number of carbonyl (C=O) groups is 3. The SMILES string of the molecule is CCCCOCCCNCc1ccc(OC)c(-c2ccc(O)c3c2C[C@H]2C[C@H]4[C@H](N(C)C)C(O)C(C(N)=O)C(=O)[C@@]4(O)C(O)=C2C3=O)c1. The lowest BCUT2D eigenvalue weighted by Crippen LogP contribution is -2.71. The molecule has 0 saturated heterocycles. The van der Waals surface area contributed by atoms with Crippen molar-refractivity contribution < 1.29 is 44.3 Å². The molecule has 0 aromatic heterocycles.